The SMILES string of the molecule is COc1ccc(CO/N=C(/CC(C)O)C2CCCC(=O)NC2)cc1. The van der Waals surface area contributed by atoms with Crippen LogP contribution in [0.4, 0.5) is 0 Å². The summed E-state index contributed by atoms with van der Waals surface area (Å²) in [5.74, 6) is 0.987. The minimum Gasteiger partial charge on any atom is -0.497 e. The van der Waals surface area contributed by atoms with Crippen molar-refractivity contribution in [2.45, 2.75) is 45.3 Å². The van der Waals surface area contributed by atoms with Gasteiger partial charge in [0.15, 0.2) is 0 Å². The lowest BCUT2D eigenvalue weighted by Crippen LogP contribution is -2.31. The number of oxime groups is 1. The summed E-state index contributed by atoms with van der Waals surface area (Å²) in [7, 11) is 1.63. The van der Waals surface area contributed by atoms with Gasteiger partial charge in [0.25, 0.3) is 0 Å². The minimum absolute atomic E-state index is 0.0769. The van der Waals surface area contributed by atoms with Crippen LogP contribution in [0.3, 0.4) is 0 Å². The van der Waals surface area contributed by atoms with E-state index in [4.69, 9.17) is 9.57 Å². The van der Waals surface area contributed by atoms with E-state index in [1.165, 1.54) is 0 Å². The molecule has 1 aliphatic heterocycles. The Morgan fingerprint density at radius 3 is 2.83 bits per heavy atom. The lowest BCUT2D eigenvalue weighted by atomic mass is 9.94. The predicted molar refractivity (Wildman–Crippen MR) is 91.9 cm³/mol. The zero-order valence-corrected chi connectivity index (χ0v) is 14.3. The first-order chi connectivity index (χ1) is 11.6. The first-order valence-electron chi connectivity index (χ1n) is 8.35. The topological polar surface area (TPSA) is 80.2 Å². The van der Waals surface area contributed by atoms with Gasteiger partial charge >= 0.3 is 0 Å². The summed E-state index contributed by atoms with van der Waals surface area (Å²) >= 11 is 0. The van der Waals surface area contributed by atoms with Crippen LogP contribution in [-0.4, -0.2) is 36.5 Å². The summed E-state index contributed by atoms with van der Waals surface area (Å²) in [6.45, 7) is 2.64. The number of amides is 1. The number of rotatable bonds is 7. The fourth-order valence-corrected chi connectivity index (χ4v) is 2.71. The normalized spacial score (nSPS) is 20.0. The molecule has 1 amide bonds. The molecule has 0 aliphatic carbocycles. The third-order valence-electron chi connectivity index (χ3n) is 4.05. The van der Waals surface area contributed by atoms with Crippen LogP contribution in [0.25, 0.3) is 0 Å². The quantitative estimate of drug-likeness (QED) is 0.592. The summed E-state index contributed by atoms with van der Waals surface area (Å²) < 4.78 is 5.12. The minimum atomic E-state index is -0.493. The van der Waals surface area contributed by atoms with Crippen molar-refractivity contribution in [3.63, 3.8) is 0 Å². The zero-order valence-electron chi connectivity index (χ0n) is 14.3. The Morgan fingerprint density at radius 1 is 1.42 bits per heavy atom. The molecule has 24 heavy (non-hydrogen) atoms. The summed E-state index contributed by atoms with van der Waals surface area (Å²) in [5, 5.41) is 16.9. The van der Waals surface area contributed by atoms with Gasteiger partial charge in [-0.05, 0) is 37.5 Å². The molecule has 0 saturated carbocycles. The number of aliphatic hydroxyl groups excluding tert-OH is 1. The smallest absolute Gasteiger partial charge is 0.220 e. The number of ether oxygens (including phenoxy) is 1. The van der Waals surface area contributed by atoms with Crippen molar-refractivity contribution in [1.29, 1.82) is 0 Å². The summed E-state index contributed by atoms with van der Waals surface area (Å²) in [6, 6.07) is 7.60. The van der Waals surface area contributed by atoms with Gasteiger partial charge in [-0.3, -0.25) is 4.79 Å². The van der Waals surface area contributed by atoms with Gasteiger partial charge in [0, 0.05) is 25.3 Å². The molecular formula is C18H26N2O4. The molecule has 1 aromatic rings. The van der Waals surface area contributed by atoms with Crippen LogP contribution in [0.15, 0.2) is 29.4 Å². The maximum absolute atomic E-state index is 11.5. The number of benzene rings is 1. The van der Waals surface area contributed by atoms with E-state index in [9.17, 15) is 9.90 Å². The molecule has 0 spiro atoms. The van der Waals surface area contributed by atoms with Crippen LogP contribution >= 0.6 is 0 Å². The first kappa shape index (κ1) is 18.3. The van der Waals surface area contributed by atoms with E-state index >= 15 is 0 Å². The number of methoxy groups -OCH3 is 1. The highest BCUT2D eigenvalue weighted by atomic mass is 16.6. The van der Waals surface area contributed by atoms with Crippen molar-refractivity contribution in [3.8, 4) is 5.75 Å². The predicted octanol–water partition coefficient (Wildman–Crippen LogP) is 2.25. The molecule has 2 unspecified atom stereocenters. The maximum atomic E-state index is 11.5. The molecule has 2 atom stereocenters. The lowest BCUT2D eigenvalue weighted by molar-refractivity contribution is -0.120. The zero-order chi connectivity index (χ0) is 17.4. The standard InChI is InChI=1S/C18H26N2O4/c1-13(21)10-17(15-4-3-5-18(22)19-11-15)20-24-12-14-6-8-16(23-2)9-7-14/h6-9,13,15,21H,3-5,10-12H2,1-2H3,(H,19,22)/b20-17-. The lowest BCUT2D eigenvalue weighted by Gasteiger charge is -2.18. The van der Waals surface area contributed by atoms with Gasteiger partial charge in [0.05, 0.1) is 18.9 Å². The Hall–Kier alpha value is -2.08. The summed E-state index contributed by atoms with van der Waals surface area (Å²) in [5.41, 5.74) is 1.80. The highest BCUT2D eigenvalue weighted by molar-refractivity contribution is 5.88. The number of hydrogen-bond acceptors (Lipinski definition) is 5. The van der Waals surface area contributed by atoms with Crippen LogP contribution in [-0.2, 0) is 16.2 Å². The molecular weight excluding hydrogens is 308 g/mol. The third kappa shape index (κ3) is 5.85. The van der Waals surface area contributed by atoms with Gasteiger partial charge in [0.2, 0.25) is 5.91 Å². The fourth-order valence-electron chi connectivity index (χ4n) is 2.71. The van der Waals surface area contributed by atoms with Crippen molar-refractivity contribution in [2.75, 3.05) is 13.7 Å². The monoisotopic (exact) mass is 334 g/mol. The first-order valence-corrected chi connectivity index (χ1v) is 8.35. The number of carbonyl (C=O) groups excluding carboxylic acids is 1. The molecule has 2 N–H and O–H groups in total. The number of hydrogen-bond donors (Lipinski definition) is 2. The van der Waals surface area contributed by atoms with Crippen molar-refractivity contribution in [1.82, 2.24) is 5.32 Å². The van der Waals surface area contributed by atoms with Gasteiger partial charge in [-0.1, -0.05) is 17.3 Å². The molecule has 1 aliphatic rings. The van der Waals surface area contributed by atoms with Crippen molar-refractivity contribution >= 4 is 11.6 Å². The van der Waals surface area contributed by atoms with Crippen LogP contribution in [0.2, 0.25) is 0 Å². The van der Waals surface area contributed by atoms with Crippen molar-refractivity contribution < 1.29 is 19.5 Å². The number of aliphatic hydroxyl groups is 1. The highest BCUT2D eigenvalue weighted by Gasteiger charge is 2.22. The molecule has 6 heteroatoms. The van der Waals surface area contributed by atoms with Gasteiger partial charge in [-0.15, -0.1) is 0 Å². The Labute approximate surface area is 142 Å². The van der Waals surface area contributed by atoms with E-state index < -0.39 is 6.10 Å². The number of carbonyl (C=O) groups is 1. The van der Waals surface area contributed by atoms with E-state index in [2.05, 4.69) is 10.5 Å². The van der Waals surface area contributed by atoms with Crippen molar-refractivity contribution in [2.24, 2.45) is 11.1 Å². The molecule has 6 nitrogen and oxygen atoms in total. The van der Waals surface area contributed by atoms with E-state index in [1.807, 2.05) is 24.3 Å². The van der Waals surface area contributed by atoms with Gasteiger partial charge in [-0.25, -0.2) is 0 Å². The summed E-state index contributed by atoms with van der Waals surface area (Å²) in [6.07, 6.45) is 2.20. The van der Waals surface area contributed by atoms with Crippen LogP contribution in [0, 0.1) is 5.92 Å². The van der Waals surface area contributed by atoms with E-state index in [0.717, 1.165) is 29.9 Å². The number of nitrogens with zero attached hydrogens (tertiary/aromatic N) is 1. The molecule has 1 fully saturated rings. The Balaban J connectivity index is 1.97. The van der Waals surface area contributed by atoms with Crippen LogP contribution in [0.5, 0.6) is 5.75 Å². The molecule has 1 aromatic carbocycles. The van der Waals surface area contributed by atoms with Gasteiger partial charge < -0.3 is 20.0 Å². The summed E-state index contributed by atoms with van der Waals surface area (Å²) in [4.78, 5) is 17.0. The molecule has 0 radical (unpaired) electrons. The Morgan fingerprint density at radius 2 is 2.17 bits per heavy atom. The number of nitrogens with one attached hydrogen (secondary N) is 1. The molecule has 1 heterocycles. The average Bonchev–Trinajstić information content (AvgIpc) is 2.79. The molecule has 1 saturated heterocycles. The maximum Gasteiger partial charge on any atom is 0.220 e. The Bertz CT molecular complexity index is 555. The second-order valence-electron chi connectivity index (χ2n) is 6.15. The third-order valence-corrected chi connectivity index (χ3v) is 4.05. The van der Waals surface area contributed by atoms with Gasteiger partial charge in [0.1, 0.15) is 12.4 Å². The van der Waals surface area contributed by atoms with Gasteiger partial charge in [-0.2, -0.15) is 0 Å². The molecule has 0 aromatic heterocycles. The molecule has 132 valence electrons. The molecule has 0 bridgehead atoms. The Kier molecular flexibility index (Phi) is 7.06. The molecule has 2 rings (SSSR count). The van der Waals surface area contributed by atoms with E-state index in [-0.39, 0.29) is 11.8 Å². The fraction of sp³-hybridized carbons (Fsp3) is 0.556. The highest BCUT2D eigenvalue weighted by Crippen LogP contribution is 2.18. The van der Waals surface area contributed by atoms with Crippen LogP contribution in [0.1, 0.15) is 38.2 Å². The van der Waals surface area contributed by atoms with Crippen LogP contribution < -0.4 is 10.1 Å². The second-order valence-corrected chi connectivity index (χ2v) is 6.15. The van der Waals surface area contributed by atoms with E-state index in [1.54, 1.807) is 14.0 Å². The van der Waals surface area contributed by atoms with Crippen molar-refractivity contribution in [3.05, 3.63) is 29.8 Å². The average molecular weight is 334 g/mol. The largest absolute Gasteiger partial charge is 0.497 e. The second kappa shape index (κ2) is 9.27. The van der Waals surface area contributed by atoms with E-state index in [0.29, 0.717) is 26.0 Å².